The number of ether oxygens (including phenoxy) is 5. The Balaban J connectivity index is 1.86. The Morgan fingerprint density at radius 2 is 1.36 bits per heavy atom. The van der Waals surface area contributed by atoms with Crippen molar-refractivity contribution in [2.75, 3.05) is 28.4 Å². The van der Waals surface area contributed by atoms with Gasteiger partial charge in [-0.05, 0) is 41.5 Å². The molecule has 0 atom stereocenters. The van der Waals surface area contributed by atoms with Crippen molar-refractivity contribution in [3.8, 4) is 28.7 Å². The van der Waals surface area contributed by atoms with E-state index in [9.17, 15) is 10.1 Å². The molecule has 0 saturated carbocycles. The van der Waals surface area contributed by atoms with Crippen LogP contribution in [0.25, 0.3) is 12.2 Å². The lowest BCUT2D eigenvalue weighted by molar-refractivity contribution is -0.385. The summed E-state index contributed by atoms with van der Waals surface area (Å²) in [4.78, 5) is 10.8. The molecule has 0 N–H and O–H groups in total. The Morgan fingerprint density at radius 1 is 0.758 bits per heavy atom. The summed E-state index contributed by atoms with van der Waals surface area (Å²) in [5.41, 5.74) is 2.18. The number of nitrogens with zero attached hydrogens (tertiary/aromatic N) is 1. The summed E-state index contributed by atoms with van der Waals surface area (Å²) in [6.07, 6.45) is 3.80. The average Bonchev–Trinajstić information content (AvgIpc) is 2.85. The van der Waals surface area contributed by atoms with Gasteiger partial charge in [0.1, 0.15) is 6.61 Å². The number of methoxy groups -OCH3 is 4. The Labute approximate surface area is 192 Å². The molecule has 0 aliphatic rings. The molecule has 0 heterocycles. The van der Waals surface area contributed by atoms with E-state index in [2.05, 4.69) is 0 Å². The van der Waals surface area contributed by atoms with Crippen molar-refractivity contribution in [1.29, 1.82) is 0 Å². The van der Waals surface area contributed by atoms with Crippen molar-refractivity contribution in [3.05, 3.63) is 81.4 Å². The Kier molecular flexibility index (Phi) is 7.75. The Bertz CT molecular complexity index is 1130. The number of nitro groups is 1. The summed E-state index contributed by atoms with van der Waals surface area (Å²) in [6, 6.07) is 15.6. The first kappa shape index (κ1) is 23.5. The van der Waals surface area contributed by atoms with Crippen LogP contribution in [0.4, 0.5) is 5.69 Å². The van der Waals surface area contributed by atoms with Crippen LogP contribution in [-0.4, -0.2) is 33.4 Å². The summed E-state index contributed by atoms with van der Waals surface area (Å²) in [5, 5.41) is 11.3. The van der Waals surface area contributed by atoms with Gasteiger partial charge in [0.05, 0.1) is 38.9 Å². The van der Waals surface area contributed by atoms with Crippen molar-refractivity contribution in [3.63, 3.8) is 0 Å². The van der Waals surface area contributed by atoms with Crippen LogP contribution in [0, 0.1) is 10.1 Å². The van der Waals surface area contributed by atoms with E-state index in [1.54, 1.807) is 52.7 Å². The topological polar surface area (TPSA) is 89.3 Å². The third-order valence-electron chi connectivity index (χ3n) is 4.91. The van der Waals surface area contributed by atoms with Crippen LogP contribution < -0.4 is 23.7 Å². The highest BCUT2D eigenvalue weighted by atomic mass is 16.6. The molecule has 172 valence electrons. The molecule has 3 aromatic carbocycles. The van der Waals surface area contributed by atoms with Gasteiger partial charge in [-0.15, -0.1) is 0 Å². The van der Waals surface area contributed by atoms with Crippen molar-refractivity contribution < 1.29 is 28.6 Å². The maximum Gasteiger partial charge on any atom is 0.276 e. The van der Waals surface area contributed by atoms with Crippen molar-refractivity contribution in [2.45, 2.75) is 6.61 Å². The zero-order valence-electron chi connectivity index (χ0n) is 18.9. The normalized spacial score (nSPS) is 10.7. The largest absolute Gasteiger partial charge is 0.493 e. The second kappa shape index (κ2) is 10.9. The molecule has 0 radical (unpaired) electrons. The monoisotopic (exact) mass is 451 g/mol. The third-order valence-corrected chi connectivity index (χ3v) is 4.91. The molecule has 0 saturated heterocycles. The molecular formula is C25H25NO7. The van der Waals surface area contributed by atoms with Crippen LogP contribution in [0.2, 0.25) is 0 Å². The summed E-state index contributed by atoms with van der Waals surface area (Å²) in [7, 11) is 6.22. The molecular weight excluding hydrogens is 426 g/mol. The van der Waals surface area contributed by atoms with Gasteiger partial charge in [0.2, 0.25) is 5.75 Å². The zero-order valence-corrected chi connectivity index (χ0v) is 18.9. The lowest BCUT2D eigenvalue weighted by Crippen LogP contribution is -2.01. The standard InChI is InChI=1S/C25H25NO7/c1-29-21-12-11-17(9-10-18-14-23(30-2)25(32-4)24(15-18)31-3)13-22(21)33-16-19-7-5-6-8-20(19)26(27)28/h5-15H,16H2,1-4H3. The number of benzene rings is 3. The summed E-state index contributed by atoms with van der Waals surface area (Å²) in [6.45, 7) is 0.0353. The number of hydrogen-bond donors (Lipinski definition) is 0. The quantitative estimate of drug-likeness (QED) is 0.232. The van der Waals surface area contributed by atoms with Gasteiger partial charge in [-0.2, -0.15) is 0 Å². The van der Waals surface area contributed by atoms with E-state index in [4.69, 9.17) is 23.7 Å². The van der Waals surface area contributed by atoms with Gasteiger partial charge in [-0.1, -0.05) is 30.4 Å². The van der Waals surface area contributed by atoms with Gasteiger partial charge in [-0.25, -0.2) is 0 Å². The predicted octanol–water partition coefficient (Wildman–Crippen LogP) is 5.38. The molecule has 0 amide bonds. The molecule has 0 aliphatic carbocycles. The Morgan fingerprint density at radius 3 is 1.97 bits per heavy atom. The first-order chi connectivity index (χ1) is 16.0. The first-order valence-corrected chi connectivity index (χ1v) is 10.0. The summed E-state index contributed by atoms with van der Waals surface area (Å²) < 4.78 is 27.4. The van der Waals surface area contributed by atoms with Gasteiger partial charge in [0, 0.05) is 6.07 Å². The lowest BCUT2D eigenvalue weighted by atomic mass is 10.1. The van der Waals surface area contributed by atoms with Gasteiger partial charge >= 0.3 is 0 Å². The third kappa shape index (κ3) is 5.54. The average molecular weight is 451 g/mol. The van der Waals surface area contributed by atoms with Crippen LogP contribution in [0.3, 0.4) is 0 Å². The summed E-state index contributed by atoms with van der Waals surface area (Å²) >= 11 is 0. The SMILES string of the molecule is COc1ccc(C=Cc2cc(OC)c(OC)c(OC)c2)cc1OCc1ccccc1[N+](=O)[O-]. The zero-order chi connectivity index (χ0) is 23.8. The van der Waals surface area contributed by atoms with Crippen LogP contribution in [0.15, 0.2) is 54.6 Å². The van der Waals surface area contributed by atoms with Gasteiger partial charge in [0.15, 0.2) is 23.0 Å². The maximum atomic E-state index is 11.3. The number of para-hydroxylation sites is 1. The van der Waals surface area contributed by atoms with Crippen molar-refractivity contribution in [2.24, 2.45) is 0 Å². The summed E-state index contributed by atoms with van der Waals surface area (Å²) in [5.74, 6) is 2.63. The van der Waals surface area contributed by atoms with Crippen LogP contribution in [0.5, 0.6) is 28.7 Å². The first-order valence-electron chi connectivity index (χ1n) is 10.0. The second-order valence-electron chi connectivity index (χ2n) is 6.88. The smallest absolute Gasteiger partial charge is 0.276 e. The minimum Gasteiger partial charge on any atom is -0.493 e. The molecule has 8 nitrogen and oxygen atoms in total. The maximum absolute atomic E-state index is 11.3. The molecule has 8 heteroatoms. The highest BCUT2D eigenvalue weighted by Gasteiger charge is 2.15. The lowest BCUT2D eigenvalue weighted by Gasteiger charge is -2.13. The minimum atomic E-state index is -0.424. The van der Waals surface area contributed by atoms with E-state index in [-0.39, 0.29) is 12.3 Å². The number of hydrogen-bond acceptors (Lipinski definition) is 7. The number of nitro benzene ring substituents is 1. The molecule has 0 aromatic heterocycles. The van der Waals surface area contributed by atoms with E-state index in [1.807, 2.05) is 36.4 Å². The fourth-order valence-corrected chi connectivity index (χ4v) is 3.27. The van der Waals surface area contributed by atoms with Crippen LogP contribution in [0.1, 0.15) is 16.7 Å². The van der Waals surface area contributed by atoms with E-state index >= 15 is 0 Å². The molecule has 3 rings (SSSR count). The minimum absolute atomic E-state index is 0.00918. The van der Waals surface area contributed by atoms with Crippen LogP contribution >= 0.6 is 0 Å². The van der Waals surface area contributed by atoms with Crippen molar-refractivity contribution >= 4 is 17.8 Å². The fourth-order valence-electron chi connectivity index (χ4n) is 3.27. The van der Waals surface area contributed by atoms with E-state index in [0.717, 1.165) is 11.1 Å². The van der Waals surface area contributed by atoms with Gasteiger partial charge in [0.25, 0.3) is 5.69 Å². The molecule has 0 spiro atoms. The van der Waals surface area contributed by atoms with E-state index in [0.29, 0.717) is 34.3 Å². The predicted molar refractivity (Wildman–Crippen MR) is 125 cm³/mol. The highest BCUT2D eigenvalue weighted by Crippen LogP contribution is 2.39. The van der Waals surface area contributed by atoms with Crippen molar-refractivity contribution in [1.82, 2.24) is 0 Å². The van der Waals surface area contributed by atoms with E-state index < -0.39 is 4.92 Å². The molecule has 33 heavy (non-hydrogen) atoms. The molecule has 0 aliphatic heterocycles. The number of rotatable bonds is 10. The van der Waals surface area contributed by atoms with Gasteiger partial charge in [-0.3, -0.25) is 10.1 Å². The Hall–Kier alpha value is -4.20. The second-order valence-corrected chi connectivity index (χ2v) is 6.88. The fraction of sp³-hybridized carbons (Fsp3) is 0.200. The van der Waals surface area contributed by atoms with Crippen LogP contribution in [-0.2, 0) is 6.61 Å². The highest BCUT2D eigenvalue weighted by molar-refractivity contribution is 5.73. The van der Waals surface area contributed by atoms with Gasteiger partial charge < -0.3 is 23.7 Å². The molecule has 0 fully saturated rings. The molecule has 0 unspecified atom stereocenters. The molecule has 3 aromatic rings. The van der Waals surface area contributed by atoms with E-state index in [1.165, 1.54) is 6.07 Å². The molecule has 0 bridgehead atoms.